The van der Waals surface area contributed by atoms with E-state index < -0.39 is 0 Å². The first-order valence-electron chi connectivity index (χ1n) is 4.76. The third-order valence-corrected chi connectivity index (χ3v) is 3.17. The lowest BCUT2D eigenvalue weighted by atomic mass is 9.90. The summed E-state index contributed by atoms with van der Waals surface area (Å²) in [5.74, 6) is 0.351. The summed E-state index contributed by atoms with van der Waals surface area (Å²) in [5, 5.41) is 0. The van der Waals surface area contributed by atoms with E-state index in [4.69, 9.17) is 4.74 Å². The number of halogens is 1. The molecule has 0 spiro atoms. The molecule has 15 heavy (non-hydrogen) atoms. The van der Waals surface area contributed by atoms with Gasteiger partial charge in [-0.15, -0.1) is 0 Å². The van der Waals surface area contributed by atoms with Crippen LogP contribution in [0, 0.1) is 5.82 Å². The van der Waals surface area contributed by atoms with Crippen molar-refractivity contribution in [2.75, 3.05) is 0 Å². The SMILES string of the molecule is Fc1cccc(OC2CC(NSS)C2)c1. The second-order valence-corrected chi connectivity index (χ2v) is 4.54. The Morgan fingerprint density at radius 3 is 2.93 bits per heavy atom. The van der Waals surface area contributed by atoms with Gasteiger partial charge in [-0.2, -0.15) is 0 Å². The van der Waals surface area contributed by atoms with Gasteiger partial charge in [-0.25, -0.2) is 4.39 Å². The lowest BCUT2D eigenvalue weighted by molar-refractivity contribution is 0.0954. The second-order valence-electron chi connectivity index (χ2n) is 3.57. The third kappa shape index (κ3) is 3.03. The van der Waals surface area contributed by atoms with E-state index in [1.807, 2.05) is 0 Å². The van der Waals surface area contributed by atoms with E-state index in [0.29, 0.717) is 11.8 Å². The van der Waals surface area contributed by atoms with E-state index >= 15 is 0 Å². The fraction of sp³-hybridized carbons (Fsp3) is 0.400. The summed E-state index contributed by atoms with van der Waals surface area (Å²) in [5.41, 5.74) is 0. The van der Waals surface area contributed by atoms with Crippen molar-refractivity contribution in [3.63, 3.8) is 0 Å². The van der Waals surface area contributed by atoms with Gasteiger partial charge in [0.25, 0.3) is 0 Å². The monoisotopic (exact) mass is 245 g/mol. The minimum Gasteiger partial charge on any atom is -0.490 e. The zero-order valence-corrected chi connectivity index (χ0v) is 9.73. The van der Waals surface area contributed by atoms with E-state index in [2.05, 4.69) is 16.4 Å². The summed E-state index contributed by atoms with van der Waals surface area (Å²) in [6, 6.07) is 6.72. The van der Waals surface area contributed by atoms with Gasteiger partial charge in [0.15, 0.2) is 0 Å². The van der Waals surface area contributed by atoms with Crippen LogP contribution in [-0.4, -0.2) is 12.1 Å². The Morgan fingerprint density at radius 2 is 2.27 bits per heavy atom. The van der Waals surface area contributed by atoms with Gasteiger partial charge < -0.3 is 4.74 Å². The standard InChI is InChI=1S/C10H12FNOS2/c11-7-2-1-3-9(4-7)13-10-5-8(6-10)12-15-14/h1-4,8,10,12,14H,5-6H2. The van der Waals surface area contributed by atoms with Crippen molar-refractivity contribution in [2.45, 2.75) is 25.0 Å². The Morgan fingerprint density at radius 1 is 1.47 bits per heavy atom. The number of hydrogen-bond acceptors (Lipinski definition) is 4. The highest BCUT2D eigenvalue weighted by molar-refractivity contribution is 8.67. The predicted molar refractivity (Wildman–Crippen MR) is 63.6 cm³/mol. The molecule has 0 heterocycles. The van der Waals surface area contributed by atoms with Gasteiger partial charge in [-0.1, -0.05) is 17.7 Å². The number of rotatable bonds is 4. The molecule has 5 heteroatoms. The van der Waals surface area contributed by atoms with Gasteiger partial charge >= 0.3 is 0 Å². The van der Waals surface area contributed by atoms with E-state index in [1.54, 1.807) is 12.1 Å². The van der Waals surface area contributed by atoms with Crippen molar-refractivity contribution in [1.82, 2.24) is 4.72 Å². The van der Waals surface area contributed by atoms with Crippen molar-refractivity contribution in [2.24, 2.45) is 0 Å². The van der Waals surface area contributed by atoms with Gasteiger partial charge in [0.2, 0.25) is 0 Å². The summed E-state index contributed by atoms with van der Waals surface area (Å²) >= 11 is 4.01. The predicted octanol–water partition coefficient (Wildman–Crippen LogP) is 2.82. The largest absolute Gasteiger partial charge is 0.490 e. The molecule has 2 rings (SSSR count). The van der Waals surface area contributed by atoms with Gasteiger partial charge in [-0.05, 0) is 23.1 Å². The molecule has 0 atom stereocenters. The van der Waals surface area contributed by atoms with Crippen molar-refractivity contribution < 1.29 is 9.13 Å². The summed E-state index contributed by atoms with van der Waals surface area (Å²) in [7, 11) is 1.33. The van der Waals surface area contributed by atoms with E-state index in [1.165, 1.54) is 23.1 Å². The molecule has 0 bridgehead atoms. The average Bonchev–Trinajstić information content (AvgIpc) is 2.15. The number of ether oxygens (including phenoxy) is 1. The maximum atomic E-state index is 12.8. The number of hydrogen-bond donors (Lipinski definition) is 2. The summed E-state index contributed by atoms with van der Waals surface area (Å²) in [4.78, 5) is 0. The molecular formula is C10H12FNOS2. The highest BCUT2D eigenvalue weighted by Crippen LogP contribution is 2.27. The highest BCUT2D eigenvalue weighted by atomic mass is 33.1. The molecular weight excluding hydrogens is 233 g/mol. The van der Waals surface area contributed by atoms with Crippen LogP contribution in [0.1, 0.15) is 12.8 Å². The minimum atomic E-state index is -0.257. The van der Waals surface area contributed by atoms with Gasteiger partial charge in [0.1, 0.15) is 17.7 Å². The summed E-state index contributed by atoms with van der Waals surface area (Å²) in [6.07, 6.45) is 2.10. The fourth-order valence-corrected chi connectivity index (χ4v) is 2.35. The maximum Gasteiger partial charge on any atom is 0.126 e. The molecule has 0 amide bonds. The number of thiol groups is 1. The molecule has 1 N–H and O–H groups in total. The smallest absolute Gasteiger partial charge is 0.126 e. The van der Waals surface area contributed by atoms with Crippen LogP contribution >= 0.6 is 22.6 Å². The first-order valence-corrected chi connectivity index (χ1v) is 6.63. The summed E-state index contributed by atoms with van der Waals surface area (Å²) in [6.45, 7) is 0. The van der Waals surface area contributed by atoms with Gasteiger partial charge in [0, 0.05) is 24.9 Å². The fourth-order valence-electron chi connectivity index (χ4n) is 1.57. The molecule has 1 aromatic carbocycles. The van der Waals surface area contributed by atoms with Crippen molar-refractivity contribution in [1.29, 1.82) is 0 Å². The zero-order valence-electron chi connectivity index (χ0n) is 8.02. The van der Waals surface area contributed by atoms with Crippen LogP contribution in [0.25, 0.3) is 0 Å². The van der Waals surface area contributed by atoms with Crippen molar-refractivity contribution >= 4 is 22.6 Å². The number of nitrogens with one attached hydrogen (secondary N) is 1. The quantitative estimate of drug-likeness (QED) is 0.484. The van der Waals surface area contributed by atoms with Crippen LogP contribution in [0.5, 0.6) is 5.75 Å². The molecule has 0 unspecified atom stereocenters. The van der Waals surface area contributed by atoms with Crippen LogP contribution in [0.15, 0.2) is 24.3 Å². The summed E-state index contributed by atoms with van der Waals surface area (Å²) < 4.78 is 21.6. The average molecular weight is 245 g/mol. The molecule has 0 aliphatic heterocycles. The molecule has 0 radical (unpaired) electrons. The molecule has 0 aromatic heterocycles. The van der Waals surface area contributed by atoms with Gasteiger partial charge in [-0.3, -0.25) is 4.72 Å². The lowest BCUT2D eigenvalue weighted by Crippen LogP contribution is -2.44. The van der Waals surface area contributed by atoms with E-state index in [9.17, 15) is 4.39 Å². The normalized spacial score (nSPS) is 24.7. The zero-order chi connectivity index (χ0) is 10.7. The second kappa shape index (κ2) is 5.09. The molecule has 1 saturated carbocycles. The first-order chi connectivity index (χ1) is 7.28. The van der Waals surface area contributed by atoms with E-state index in [-0.39, 0.29) is 11.9 Å². The molecule has 0 saturated heterocycles. The molecule has 1 aliphatic carbocycles. The maximum absolute atomic E-state index is 12.8. The van der Waals surface area contributed by atoms with Gasteiger partial charge in [0.05, 0.1) is 0 Å². The van der Waals surface area contributed by atoms with E-state index in [0.717, 1.165) is 12.8 Å². The first kappa shape index (κ1) is 11.1. The van der Waals surface area contributed by atoms with Crippen LogP contribution < -0.4 is 9.46 Å². The van der Waals surface area contributed by atoms with Crippen molar-refractivity contribution in [3.8, 4) is 5.75 Å². The molecule has 82 valence electrons. The Bertz CT molecular complexity index is 331. The Labute approximate surface area is 97.5 Å². The van der Waals surface area contributed by atoms with Crippen LogP contribution in [0.3, 0.4) is 0 Å². The molecule has 2 nitrogen and oxygen atoms in total. The molecule has 1 fully saturated rings. The van der Waals surface area contributed by atoms with Crippen LogP contribution in [0.2, 0.25) is 0 Å². The Kier molecular flexibility index (Phi) is 3.77. The van der Waals surface area contributed by atoms with Crippen LogP contribution in [-0.2, 0) is 0 Å². The molecule has 1 aliphatic rings. The lowest BCUT2D eigenvalue weighted by Gasteiger charge is -2.35. The topological polar surface area (TPSA) is 21.3 Å². The minimum absolute atomic E-state index is 0.199. The third-order valence-electron chi connectivity index (χ3n) is 2.41. The number of benzene rings is 1. The highest BCUT2D eigenvalue weighted by Gasteiger charge is 2.30. The van der Waals surface area contributed by atoms with Crippen LogP contribution in [0.4, 0.5) is 4.39 Å². The van der Waals surface area contributed by atoms with Crippen molar-refractivity contribution in [3.05, 3.63) is 30.1 Å². The Hall–Kier alpha value is -0.390. The Balaban J connectivity index is 1.80. The molecule has 1 aromatic rings.